The minimum absolute atomic E-state index is 0.0350. The second kappa shape index (κ2) is 7.70. The monoisotopic (exact) mass is 288 g/mol. The molecule has 0 aliphatic heterocycles. The molecule has 0 radical (unpaired) electrons. The fraction of sp³-hybridized carbons (Fsp3) is 0.333. The zero-order valence-electron chi connectivity index (χ0n) is 10.1. The molecule has 0 saturated carbocycles. The fourth-order valence-electron chi connectivity index (χ4n) is 1.35. The van der Waals surface area contributed by atoms with Crippen LogP contribution in [-0.4, -0.2) is 30.1 Å². The van der Waals surface area contributed by atoms with E-state index in [-0.39, 0.29) is 23.9 Å². The SMILES string of the molecule is O=C(O)CCCNCC(=O)Nc1ccc(F)cc1Cl. The van der Waals surface area contributed by atoms with Crippen molar-refractivity contribution in [3.63, 3.8) is 0 Å². The summed E-state index contributed by atoms with van der Waals surface area (Å²) in [6, 6.07) is 3.68. The van der Waals surface area contributed by atoms with E-state index in [0.717, 1.165) is 6.07 Å². The van der Waals surface area contributed by atoms with Gasteiger partial charge in [0.1, 0.15) is 5.82 Å². The Balaban J connectivity index is 2.29. The van der Waals surface area contributed by atoms with Gasteiger partial charge in [-0.2, -0.15) is 0 Å². The van der Waals surface area contributed by atoms with Crippen LogP contribution in [0, 0.1) is 5.82 Å². The predicted molar refractivity (Wildman–Crippen MR) is 69.8 cm³/mol. The fourth-order valence-corrected chi connectivity index (χ4v) is 1.57. The Morgan fingerprint density at radius 3 is 2.74 bits per heavy atom. The molecule has 1 aromatic rings. The Morgan fingerprint density at radius 2 is 2.11 bits per heavy atom. The first-order valence-corrected chi connectivity index (χ1v) is 6.04. The highest BCUT2D eigenvalue weighted by Crippen LogP contribution is 2.21. The van der Waals surface area contributed by atoms with Crippen LogP contribution in [0.2, 0.25) is 5.02 Å². The Kier molecular flexibility index (Phi) is 6.24. The Morgan fingerprint density at radius 1 is 1.37 bits per heavy atom. The van der Waals surface area contributed by atoms with Crippen LogP contribution in [0.15, 0.2) is 18.2 Å². The molecule has 5 nitrogen and oxygen atoms in total. The van der Waals surface area contributed by atoms with Gasteiger partial charge in [0.15, 0.2) is 0 Å². The summed E-state index contributed by atoms with van der Waals surface area (Å²) >= 11 is 5.75. The molecule has 0 aromatic heterocycles. The molecule has 0 bridgehead atoms. The van der Waals surface area contributed by atoms with Crippen molar-refractivity contribution >= 4 is 29.2 Å². The van der Waals surface area contributed by atoms with Gasteiger partial charge in [0.25, 0.3) is 0 Å². The van der Waals surface area contributed by atoms with E-state index < -0.39 is 11.8 Å². The molecule has 1 rings (SSSR count). The van der Waals surface area contributed by atoms with Crippen LogP contribution in [0.5, 0.6) is 0 Å². The number of aliphatic carboxylic acids is 1. The topological polar surface area (TPSA) is 78.4 Å². The molecule has 1 aromatic carbocycles. The molecule has 0 aliphatic carbocycles. The Labute approximate surface area is 114 Å². The van der Waals surface area contributed by atoms with E-state index in [1.165, 1.54) is 12.1 Å². The number of hydrogen-bond donors (Lipinski definition) is 3. The third-order valence-electron chi connectivity index (χ3n) is 2.23. The first-order valence-electron chi connectivity index (χ1n) is 5.66. The molecule has 104 valence electrons. The molecule has 7 heteroatoms. The second-order valence-corrected chi connectivity index (χ2v) is 4.25. The number of anilines is 1. The van der Waals surface area contributed by atoms with Gasteiger partial charge >= 0.3 is 5.97 Å². The maximum absolute atomic E-state index is 12.8. The van der Waals surface area contributed by atoms with Crippen LogP contribution in [0.3, 0.4) is 0 Å². The molecule has 1 amide bonds. The number of carboxylic acids is 1. The molecule has 0 atom stereocenters. The van der Waals surface area contributed by atoms with Crippen molar-refractivity contribution in [3.05, 3.63) is 29.0 Å². The van der Waals surface area contributed by atoms with Crippen molar-refractivity contribution in [2.45, 2.75) is 12.8 Å². The first-order chi connectivity index (χ1) is 8.99. The van der Waals surface area contributed by atoms with Crippen molar-refractivity contribution in [1.82, 2.24) is 5.32 Å². The minimum atomic E-state index is -0.871. The molecule has 0 saturated heterocycles. The molecule has 0 aliphatic rings. The quantitative estimate of drug-likeness (QED) is 0.669. The van der Waals surface area contributed by atoms with Crippen molar-refractivity contribution in [3.8, 4) is 0 Å². The maximum atomic E-state index is 12.8. The van der Waals surface area contributed by atoms with Gasteiger partial charge in [-0.15, -0.1) is 0 Å². The predicted octanol–water partition coefficient (Wildman–Crippen LogP) is 1.87. The summed E-state index contributed by atoms with van der Waals surface area (Å²) < 4.78 is 12.8. The van der Waals surface area contributed by atoms with Crippen LogP contribution >= 0.6 is 11.6 Å². The van der Waals surface area contributed by atoms with Gasteiger partial charge < -0.3 is 15.7 Å². The van der Waals surface area contributed by atoms with Gasteiger partial charge in [0.05, 0.1) is 17.3 Å². The lowest BCUT2D eigenvalue weighted by Crippen LogP contribution is -2.29. The summed E-state index contributed by atoms with van der Waals surface area (Å²) in [5.74, 6) is -1.68. The minimum Gasteiger partial charge on any atom is -0.481 e. The van der Waals surface area contributed by atoms with Gasteiger partial charge in [0.2, 0.25) is 5.91 Å². The summed E-state index contributed by atoms with van der Waals surface area (Å²) in [5, 5.41) is 13.9. The second-order valence-electron chi connectivity index (χ2n) is 3.85. The van der Waals surface area contributed by atoms with Crippen LogP contribution < -0.4 is 10.6 Å². The van der Waals surface area contributed by atoms with E-state index in [2.05, 4.69) is 10.6 Å². The molecule has 19 heavy (non-hydrogen) atoms. The molecule has 0 spiro atoms. The lowest BCUT2D eigenvalue weighted by molar-refractivity contribution is -0.137. The summed E-state index contributed by atoms with van der Waals surface area (Å²) in [6.45, 7) is 0.462. The Hall–Kier alpha value is -1.66. The third kappa shape index (κ3) is 6.17. The number of rotatable bonds is 7. The van der Waals surface area contributed by atoms with Crippen molar-refractivity contribution in [2.75, 3.05) is 18.4 Å². The van der Waals surface area contributed by atoms with E-state index in [1.807, 2.05) is 0 Å². The van der Waals surface area contributed by atoms with E-state index in [4.69, 9.17) is 16.7 Å². The normalized spacial score (nSPS) is 10.2. The van der Waals surface area contributed by atoms with Crippen LogP contribution in [0.4, 0.5) is 10.1 Å². The van der Waals surface area contributed by atoms with Gasteiger partial charge in [-0.25, -0.2) is 4.39 Å². The smallest absolute Gasteiger partial charge is 0.303 e. The Bertz CT molecular complexity index is 468. The number of amides is 1. The van der Waals surface area contributed by atoms with Gasteiger partial charge in [-0.1, -0.05) is 11.6 Å². The largest absolute Gasteiger partial charge is 0.481 e. The zero-order valence-corrected chi connectivity index (χ0v) is 10.8. The highest BCUT2D eigenvalue weighted by atomic mass is 35.5. The summed E-state index contributed by atoms with van der Waals surface area (Å²) in [6.07, 6.45) is 0.498. The van der Waals surface area contributed by atoms with Crippen molar-refractivity contribution in [1.29, 1.82) is 0 Å². The number of carbonyl (C=O) groups excluding carboxylic acids is 1. The number of nitrogens with one attached hydrogen (secondary N) is 2. The average molecular weight is 289 g/mol. The first kappa shape index (κ1) is 15.4. The van der Waals surface area contributed by atoms with E-state index in [9.17, 15) is 14.0 Å². The maximum Gasteiger partial charge on any atom is 0.303 e. The highest BCUT2D eigenvalue weighted by Gasteiger charge is 2.06. The standard InChI is InChI=1S/C12H14ClFN2O3/c13-9-6-8(14)3-4-10(9)16-11(17)7-15-5-1-2-12(18)19/h3-4,6,15H,1-2,5,7H2,(H,16,17)(H,18,19). The third-order valence-corrected chi connectivity index (χ3v) is 2.55. The van der Waals surface area contributed by atoms with E-state index in [0.29, 0.717) is 18.7 Å². The molecule has 0 fully saturated rings. The average Bonchev–Trinajstić information content (AvgIpc) is 2.32. The van der Waals surface area contributed by atoms with Crippen LogP contribution in [0.25, 0.3) is 0 Å². The molecular formula is C12H14ClFN2O3. The molecular weight excluding hydrogens is 275 g/mol. The van der Waals surface area contributed by atoms with Crippen molar-refractivity contribution < 1.29 is 19.1 Å². The molecule has 0 unspecified atom stereocenters. The molecule has 3 N–H and O–H groups in total. The van der Waals surface area contributed by atoms with Gasteiger partial charge in [-0.05, 0) is 31.2 Å². The van der Waals surface area contributed by atoms with Crippen LogP contribution in [-0.2, 0) is 9.59 Å². The number of carboxylic acid groups (broad SMARTS) is 1. The van der Waals surface area contributed by atoms with Gasteiger partial charge in [0, 0.05) is 6.42 Å². The van der Waals surface area contributed by atoms with Gasteiger partial charge in [-0.3, -0.25) is 9.59 Å². The summed E-state index contributed by atoms with van der Waals surface area (Å²) in [5.41, 5.74) is 0.334. The zero-order chi connectivity index (χ0) is 14.3. The van der Waals surface area contributed by atoms with Crippen molar-refractivity contribution in [2.24, 2.45) is 0 Å². The van der Waals surface area contributed by atoms with E-state index in [1.54, 1.807) is 0 Å². The lowest BCUT2D eigenvalue weighted by Gasteiger charge is -2.08. The van der Waals surface area contributed by atoms with Crippen LogP contribution in [0.1, 0.15) is 12.8 Å². The number of benzene rings is 1. The number of hydrogen-bond acceptors (Lipinski definition) is 3. The lowest BCUT2D eigenvalue weighted by atomic mass is 10.3. The summed E-state index contributed by atoms with van der Waals surface area (Å²) in [7, 11) is 0. The molecule has 0 heterocycles. The number of carbonyl (C=O) groups is 2. The summed E-state index contributed by atoms with van der Waals surface area (Å²) in [4.78, 5) is 21.8. The number of halogens is 2. The highest BCUT2D eigenvalue weighted by molar-refractivity contribution is 6.33. The van der Waals surface area contributed by atoms with E-state index >= 15 is 0 Å².